The second-order valence-corrected chi connectivity index (χ2v) is 13.2. The maximum Gasteiger partial charge on any atom is 0.472 e. The van der Waals surface area contributed by atoms with Crippen molar-refractivity contribution in [1.82, 2.24) is 9.55 Å². The number of nitrogens with zero attached hydrogens (tertiary/aromatic N) is 1. The standard InChI is InChI=1S/C29H53N2O9PS/c1-3-4-5-6-7-8-9-10-11-12-13-14-15-16-20-37-21-17-22-38-41(35,36)39-23-24-26(33)29(2,34)27(40-24)31-19-18-25(32)30-28(31)42/h18-19,24,26-27,33-34H,3-17,20-23H2,1-2H3,(H,35,36)(H,30,32,42)/t24-,26?,27-,29-/m1/s1. The summed E-state index contributed by atoms with van der Waals surface area (Å²) in [6, 6.07) is 1.20. The van der Waals surface area contributed by atoms with Crippen LogP contribution in [0.4, 0.5) is 0 Å². The van der Waals surface area contributed by atoms with Gasteiger partial charge in [-0.3, -0.25) is 23.4 Å². The van der Waals surface area contributed by atoms with Crippen molar-refractivity contribution in [3.63, 3.8) is 0 Å². The summed E-state index contributed by atoms with van der Waals surface area (Å²) in [7, 11) is -4.42. The lowest BCUT2D eigenvalue weighted by molar-refractivity contribution is -0.0978. The Balaban J connectivity index is 1.48. The highest BCUT2D eigenvalue weighted by Crippen LogP contribution is 2.45. The van der Waals surface area contributed by atoms with Crippen LogP contribution in [0.1, 0.15) is 116 Å². The third kappa shape index (κ3) is 13.8. The number of ether oxygens (including phenoxy) is 2. The zero-order valence-corrected chi connectivity index (χ0v) is 27.1. The smallest absolute Gasteiger partial charge is 0.387 e. The number of aromatic nitrogens is 2. The maximum atomic E-state index is 12.3. The normalized spacial score (nSPS) is 23.8. The molecule has 0 radical (unpaired) electrons. The van der Waals surface area contributed by atoms with Crippen molar-refractivity contribution in [3.8, 4) is 0 Å². The van der Waals surface area contributed by atoms with E-state index < -0.39 is 44.0 Å². The average molecular weight is 637 g/mol. The van der Waals surface area contributed by atoms with Crippen molar-refractivity contribution in [2.45, 2.75) is 134 Å². The predicted octanol–water partition coefficient (Wildman–Crippen LogP) is 5.94. The van der Waals surface area contributed by atoms with Crippen molar-refractivity contribution >= 4 is 20.0 Å². The molecule has 2 unspecified atom stereocenters. The van der Waals surface area contributed by atoms with E-state index in [1.165, 1.54) is 101 Å². The molecule has 0 aliphatic carbocycles. The average Bonchev–Trinajstić information content (AvgIpc) is 3.16. The maximum absolute atomic E-state index is 12.3. The molecule has 1 aliphatic heterocycles. The molecule has 0 bridgehead atoms. The molecule has 1 aromatic heterocycles. The molecule has 0 aromatic carbocycles. The summed E-state index contributed by atoms with van der Waals surface area (Å²) >= 11 is 5.11. The Morgan fingerprint density at radius 1 is 0.952 bits per heavy atom. The predicted molar refractivity (Wildman–Crippen MR) is 164 cm³/mol. The Labute approximate surface area is 255 Å². The summed E-state index contributed by atoms with van der Waals surface area (Å²) < 4.78 is 34.8. The summed E-state index contributed by atoms with van der Waals surface area (Å²) in [5, 5.41) is 21.3. The van der Waals surface area contributed by atoms with Crippen LogP contribution in [-0.4, -0.2) is 68.9 Å². The van der Waals surface area contributed by atoms with E-state index in [1.54, 1.807) is 0 Å². The first-order valence-corrected chi connectivity index (χ1v) is 17.6. The van der Waals surface area contributed by atoms with Gasteiger partial charge in [0.05, 0.1) is 13.2 Å². The minimum Gasteiger partial charge on any atom is -0.387 e. The highest BCUT2D eigenvalue weighted by Gasteiger charge is 2.53. The van der Waals surface area contributed by atoms with Gasteiger partial charge in [0, 0.05) is 25.5 Å². The lowest BCUT2D eigenvalue weighted by Crippen LogP contribution is -2.44. The number of aliphatic hydroxyl groups excluding tert-OH is 1. The lowest BCUT2D eigenvalue weighted by atomic mass is 9.96. The van der Waals surface area contributed by atoms with Gasteiger partial charge in [0.1, 0.15) is 17.8 Å². The molecule has 1 aromatic rings. The molecular weight excluding hydrogens is 583 g/mol. The van der Waals surface area contributed by atoms with Crippen LogP contribution in [0.3, 0.4) is 0 Å². The molecular formula is C29H53N2O9PS. The van der Waals surface area contributed by atoms with Gasteiger partial charge in [-0.1, -0.05) is 90.4 Å². The fourth-order valence-corrected chi connectivity index (χ4v) is 6.06. The Kier molecular flexibility index (Phi) is 17.9. The van der Waals surface area contributed by atoms with E-state index in [2.05, 4.69) is 11.9 Å². The first kappa shape index (κ1) is 37.2. The van der Waals surface area contributed by atoms with Gasteiger partial charge in [-0.2, -0.15) is 0 Å². The molecule has 0 spiro atoms. The minimum atomic E-state index is -4.42. The number of rotatable bonds is 24. The fourth-order valence-electron chi connectivity index (χ4n) is 5.04. The summed E-state index contributed by atoms with van der Waals surface area (Å²) in [6.07, 6.45) is 16.3. The second kappa shape index (κ2) is 20.2. The number of H-pyrrole nitrogens is 1. The van der Waals surface area contributed by atoms with E-state index >= 15 is 0 Å². The van der Waals surface area contributed by atoms with Gasteiger partial charge in [-0.05, 0) is 32.0 Å². The van der Waals surface area contributed by atoms with E-state index in [0.29, 0.717) is 19.6 Å². The van der Waals surface area contributed by atoms with Crippen LogP contribution < -0.4 is 5.56 Å². The monoisotopic (exact) mass is 636 g/mol. The molecule has 42 heavy (non-hydrogen) atoms. The molecule has 1 fully saturated rings. The molecule has 2 rings (SSSR count). The van der Waals surface area contributed by atoms with E-state index in [0.717, 1.165) is 12.8 Å². The van der Waals surface area contributed by atoms with Crippen LogP contribution in [0.25, 0.3) is 0 Å². The molecule has 244 valence electrons. The number of phosphoric acid groups is 1. The van der Waals surface area contributed by atoms with Gasteiger partial charge in [-0.25, -0.2) is 4.57 Å². The largest absolute Gasteiger partial charge is 0.472 e. The van der Waals surface area contributed by atoms with Crippen molar-refractivity contribution < 1.29 is 38.2 Å². The summed E-state index contributed by atoms with van der Waals surface area (Å²) in [6.45, 7) is 4.12. The van der Waals surface area contributed by atoms with Gasteiger partial charge in [-0.15, -0.1) is 0 Å². The van der Waals surface area contributed by atoms with Crippen molar-refractivity contribution in [1.29, 1.82) is 0 Å². The van der Waals surface area contributed by atoms with Gasteiger partial charge >= 0.3 is 7.82 Å². The Morgan fingerprint density at radius 2 is 1.50 bits per heavy atom. The molecule has 11 nitrogen and oxygen atoms in total. The topological polar surface area (TPSA) is 152 Å². The fraction of sp³-hybridized carbons (Fsp3) is 0.862. The number of hydrogen-bond donors (Lipinski definition) is 4. The summed E-state index contributed by atoms with van der Waals surface area (Å²) in [5.41, 5.74) is -2.23. The molecule has 2 heterocycles. The van der Waals surface area contributed by atoms with Crippen molar-refractivity contribution in [2.75, 3.05) is 26.4 Å². The second-order valence-electron chi connectivity index (χ2n) is 11.4. The number of aromatic amines is 1. The molecule has 1 aliphatic rings. The molecule has 0 saturated carbocycles. The van der Waals surface area contributed by atoms with Crippen LogP contribution in [0.2, 0.25) is 0 Å². The van der Waals surface area contributed by atoms with Gasteiger partial charge in [0.15, 0.2) is 11.0 Å². The molecule has 0 amide bonds. The molecule has 4 N–H and O–H groups in total. The highest BCUT2D eigenvalue weighted by atomic mass is 32.1. The van der Waals surface area contributed by atoms with Gasteiger partial charge in [0.2, 0.25) is 0 Å². The zero-order valence-electron chi connectivity index (χ0n) is 25.4. The minimum absolute atomic E-state index is 0.00993. The Hall–Kier alpha value is -0.950. The number of phosphoric ester groups is 1. The third-order valence-electron chi connectivity index (χ3n) is 7.59. The van der Waals surface area contributed by atoms with E-state index in [1.807, 2.05) is 0 Å². The molecule has 1 saturated heterocycles. The molecule has 5 atom stereocenters. The number of hydrogen-bond acceptors (Lipinski definition) is 9. The van der Waals surface area contributed by atoms with Gasteiger partial charge < -0.3 is 24.6 Å². The summed E-state index contributed by atoms with van der Waals surface area (Å²) in [4.78, 5) is 23.9. The Morgan fingerprint density at radius 3 is 2.07 bits per heavy atom. The highest BCUT2D eigenvalue weighted by molar-refractivity contribution is 7.71. The first-order chi connectivity index (χ1) is 20.1. The zero-order chi connectivity index (χ0) is 30.8. The van der Waals surface area contributed by atoms with Crippen LogP contribution >= 0.6 is 20.0 Å². The van der Waals surface area contributed by atoms with Crippen LogP contribution in [0, 0.1) is 4.77 Å². The van der Waals surface area contributed by atoms with Crippen LogP contribution in [0.5, 0.6) is 0 Å². The number of nitrogens with one attached hydrogen (secondary N) is 1. The molecule has 13 heteroatoms. The van der Waals surface area contributed by atoms with Crippen molar-refractivity contribution in [2.24, 2.45) is 0 Å². The van der Waals surface area contributed by atoms with Gasteiger partial charge in [0.25, 0.3) is 5.56 Å². The Bertz CT molecular complexity index is 1030. The van der Waals surface area contributed by atoms with E-state index in [-0.39, 0.29) is 11.4 Å². The van der Waals surface area contributed by atoms with Crippen LogP contribution in [-0.2, 0) is 23.1 Å². The third-order valence-corrected chi connectivity index (χ3v) is 8.89. The number of unbranched alkanes of at least 4 members (excludes halogenated alkanes) is 13. The quantitative estimate of drug-likeness (QED) is 0.0610. The van der Waals surface area contributed by atoms with Crippen LogP contribution in [0.15, 0.2) is 17.1 Å². The van der Waals surface area contributed by atoms with E-state index in [4.69, 9.17) is 30.7 Å². The number of aliphatic hydroxyl groups is 2. The van der Waals surface area contributed by atoms with Crippen molar-refractivity contribution in [3.05, 3.63) is 27.4 Å². The summed E-state index contributed by atoms with van der Waals surface area (Å²) in [5.74, 6) is 0. The lowest BCUT2D eigenvalue weighted by Gasteiger charge is -2.27. The SMILES string of the molecule is CCCCCCCCCCCCCCCCOCCCOP(=O)(O)OC[C@H]1O[C@@H](n2ccc(=O)[nH]c2=S)[C@](C)(O)C1O. The first-order valence-electron chi connectivity index (χ1n) is 15.7. The van der Waals surface area contributed by atoms with E-state index in [9.17, 15) is 24.5 Å².